The van der Waals surface area contributed by atoms with E-state index in [9.17, 15) is 8.78 Å². The molecule has 0 aromatic heterocycles. The molecule has 1 N–H and O–H groups in total. The van der Waals surface area contributed by atoms with Crippen LogP contribution in [0.2, 0.25) is 0 Å². The monoisotopic (exact) mass is 196 g/mol. The van der Waals surface area contributed by atoms with Crippen LogP contribution in [0.15, 0.2) is 12.1 Å². The maximum absolute atomic E-state index is 13.1. The van der Waals surface area contributed by atoms with E-state index >= 15 is 0 Å². The predicted molar refractivity (Wildman–Crippen MR) is 44.9 cm³/mol. The first-order valence-electron chi connectivity index (χ1n) is 3.98. The highest BCUT2D eigenvalue weighted by atomic mass is 19.1. The van der Waals surface area contributed by atoms with Gasteiger partial charge in [0.2, 0.25) is 0 Å². The number of nitrogens with one attached hydrogen (secondary N) is 1. The lowest BCUT2D eigenvalue weighted by Crippen LogP contribution is -2.30. The molecule has 0 fully saturated rings. The molecule has 0 bridgehead atoms. The van der Waals surface area contributed by atoms with Gasteiger partial charge in [0.1, 0.15) is 29.9 Å². The third-order valence-electron chi connectivity index (χ3n) is 1.90. The largest absolute Gasteiger partial charge is 0.488 e. The molecule has 14 heavy (non-hydrogen) atoms. The molecule has 0 radical (unpaired) electrons. The van der Waals surface area contributed by atoms with Gasteiger partial charge in [0.05, 0.1) is 6.07 Å². The lowest BCUT2D eigenvalue weighted by Gasteiger charge is -2.23. The summed E-state index contributed by atoms with van der Waals surface area (Å²) >= 11 is 0. The normalized spacial score (nSPS) is 18.8. The number of hydrogen-bond donors (Lipinski definition) is 1. The Bertz CT molecular complexity index is 414. The Hall–Kier alpha value is -1.83. The van der Waals surface area contributed by atoms with Crippen LogP contribution in [0.25, 0.3) is 0 Å². The van der Waals surface area contributed by atoms with Gasteiger partial charge < -0.3 is 10.1 Å². The van der Waals surface area contributed by atoms with Gasteiger partial charge in [0, 0.05) is 12.1 Å². The van der Waals surface area contributed by atoms with Gasteiger partial charge in [-0.05, 0) is 0 Å². The van der Waals surface area contributed by atoms with E-state index in [1.54, 1.807) is 0 Å². The number of anilines is 1. The molecular formula is C9H6F2N2O. The molecule has 1 aliphatic rings. The molecule has 0 amide bonds. The fraction of sp³-hybridized carbons (Fsp3) is 0.222. The topological polar surface area (TPSA) is 45.0 Å². The van der Waals surface area contributed by atoms with Crippen molar-refractivity contribution in [1.29, 1.82) is 5.26 Å². The minimum atomic E-state index is -0.750. The van der Waals surface area contributed by atoms with E-state index in [4.69, 9.17) is 10.00 Å². The summed E-state index contributed by atoms with van der Waals surface area (Å²) in [6, 6.07) is 3.12. The maximum atomic E-state index is 13.1. The summed E-state index contributed by atoms with van der Waals surface area (Å²) in [6.07, 6.45) is 0. The molecule has 0 saturated heterocycles. The summed E-state index contributed by atoms with van der Waals surface area (Å²) in [7, 11) is 0. The number of hydrogen-bond acceptors (Lipinski definition) is 3. The second-order valence-corrected chi connectivity index (χ2v) is 2.90. The molecule has 1 atom stereocenters. The summed E-state index contributed by atoms with van der Waals surface area (Å²) in [4.78, 5) is 0. The highest BCUT2D eigenvalue weighted by molar-refractivity contribution is 5.60. The molecule has 1 aromatic carbocycles. The lowest BCUT2D eigenvalue weighted by atomic mass is 10.2. The van der Waals surface area contributed by atoms with Crippen LogP contribution in [0, 0.1) is 23.0 Å². The fourth-order valence-corrected chi connectivity index (χ4v) is 1.26. The van der Waals surface area contributed by atoms with Crippen LogP contribution in [0.1, 0.15) is 0 Å². The smallest absolute Gasteiger partial charge is 0.153 e. The molecule has 1 aliphatic heterocycles. The Morgan fingerprint density at radius 3 is 3.00 bits per heavy atom. The Kier molecular flexibility index (Phi) is 1.97. The number of fused-ring (bicyclic) bond motifs is 1. The summed E-state index contributed by atoms with van der Waals surface area (Å²) in [6.45, 7) is 0.0897. The van der Waals surface area contributed by atoms with Crippen molar-refractivity contribution in [3.8, 4) is 11.8 Å². The first-order valence-corrected chi connectivity index (χ1v) is 3.98. The summed E-state index contributed by atoms with van der Waals surface area (Å²) in [5.41, 5.74) is 0.0456. The van der Waals surface area contributed by atoms with Gasteiger partial charge >= 0.3 is 0 Å². The van der Waals surface area contributed by atoms with Gasteiger partial charge in [-0.3, -0.25) is 0 Å². The van der Waals surface area contributed by atoms with Crippen LogP contribution in [0.4, 0.5) is 14.5 Å². The van der Waals surface area contributed by atoms with Crippen molar-refractivity contribution < 1.29 is 13.5 Å². The zero-order chi connectivity index (χ0) is 10.1. The molecular weight excluding hydrogens is 190 g/mol. The van der Waals surface area contributed by atoms with Crippen LogP contribution >= 0.6 is 0 Å². The molecule has 1 unspecified atom stereocenters. The fourth-order valence-electron chi connectivity index (χ4n) is 1.26. The molecule has 5 heteroatoms. The molecule has 1 heterocycles. The SMILES string of the molecule is N#CC1COc2cc(F)cc(F)c2N1. The number of nitrogens with zero attached hydrogens (tertiary/aromatic N) is 1. The minimum absolute atomic E-state index is 0.0456. The van der Waals surface area contributed by atoms with E-state index in [0.717, 1.165) is 12.1 Å². The van der Waals surface area contributed by atoms with E-state index in [1.807, 2.05) is 6.07 Å². The van der Waals surface area contributed by atoms with Crippen LogP contribution < -0.4 is 10.1 Å². The van der Waals surface area contributed by atoms with Crippen molar-refractivity contribution in [3.63, 3.8) is 0 Å². The van der Waals surface area contributed by atoms with Crippen LogP contribution in [0.5, 0.6) is 5.75 Å². The third kappa shape index (κ3) is 1.35. The van der Waals surface area contributed by atoms with E-state index in [1.165, 1.54) is 0 Å². The number of rotatable bonds is 0. The molecule has 0 spiro atoms. The van der Waals surface area contributed by atoms with Gasteiger partial charge in [-0.15, -0.1) is 0 Å². The van der Waals surface area contributed by atoms with Crippen molar-refractivity contribution >= 4 is 5.69 Å². The standard InChI is InChI=1S/C9H6F2N2O/c10-5-1-7(11)9-8(2-5)14-4-6(3-12)13-9/h1-2,6,13H,4H2. The quantitative estimate of drug-likeness (QED) is 0.686. The molecule has 1 aromatic rings. The second-order valence-electron chi connectivity index (χ2n) is 2.90. The average Bonchev–Trinajstić information content (AvgIpc) is 2.17. The Labute approximate surface area is 78.9 Å². The highest BCUT2D eigenvalue weighted by Crippen LogP contribution is 2.32. The van der Waals surface area contributed by atoms with Gasteiger partial charge in [0.15, 0.2) is 5.82 Å². The van der Waals surface area contributed by atoms with E-state index < -0.39 is 17.7 Å². The molecule has 3 nitrogen and oxygen atoms in total. The van der Waals surface area contributed by atoms with Gasteiger partial charge in [-0.1, -0.05) is 0 Å². The predicted octanol–water partition coefficient (Wildman–Crippen LogP) is 1.66. The molecule has 2 rings (SSSR count). The summed E-state index contributed by atoms with van der Waals surface area (Å²) < 4.78 is 30.9. The average molecular weight is 196 g/mol. The number of benzene rings is 1. The van der Waals surface area contributed by atoms with E-state index in [-0.39, 0.29) is 18.0 Å². The highest BCUT2D eigenvalue weighted by Gasteiger charge is 2.22. The van der Waals surface area contributed by atoms with Crippen LogP contribution in [-0.2, 0) is 0 Å². The first kappa shape index (κ1) is 8.75. The van der Waals surface area contributed by atoms with Crippen LogP contribution in [-0.4, -0.2) is 12.6 Å². The first-order chi connectivity index (χ1) is 6.70. The number of ether oxygens (including phenoxy) is 1. The van der Waals surface area contributed by atoms with Crippen molar-refractivity contribution in [2.45, 2.75) is 6.04 Å². The van der Waals surface area contributed by atoms with Crippen molar-refractivity contribution in [3.05, 3.63) is 23.8 Å². The Morgan fingerprint density at radius 2 is 2.29 bits per heavy atom. The van der Waals surface area contributed by atoms with Crippen molar-refractivity contribution in [2.24, 2.45) is 0 Å². The van der Waals surface area contributed by atoms with E-state index in [0.29, 0.717) is 0 Å². The zero-order valence-electron chi connectivity index (χ0n) is 7.05. The van der Waals surface area contributed by atoms with Gasteiger partial charge in [-0.25, -0.2) is 8.78 Å². The maximum Gasteiger partial charge on any atom is 0.153 e. The molecule has 0 saturated carbocycles. The van der Waals surface area contributed by atoms with Crippen molar-refractivity contribution in [2.75, 3.05) is 11.9 Å². The lowest BCUT2D eigenvalue weighted by molar-refractivity contribution is 0.299. The number of nitriles is 1. The number of halogens is 2. The van der Waals surface area contributed by atoms with Crippen molar-refractivity contribution in [1.82, 2.24) is 0 Å². The zero-order valence-corrected chi connectivity index (χ0v) is 7.05. The van der Waals surface area contributed by atoms with Gasteiger partial charge in [0.25, 0.3) is 0 Å². The third-order valence-corrected chi connectivity index (χ3v) is 1.90. The van der Waals surface area contributed by atoms with Crippen LogP contribution in [0.3, 0.4) is 0 Å². The summed E-state index contributed by atoms with van der Waals surface area (Å²) in [5, 5.41) is 11.2. The van der Waals surface area contributed by atoms with Gasteiger partial charge in [-0.2, -0.15) is 5.26 Å². The Morgan fingerprint density at radius 1 is 1.50 bits per heavy atom. The second kappa shape index (κ2) is 3.14. The molecule has 0 aliphatic carbocycles. The summed E-state index contributed by atoms with van der Waals surface area (Å²) in [5.74, 6) is -1.34. The van der Waals surface area contributed by atoms with E-state index in [2.05, 4.69) is 5.32 Å². The Balaban J connectivity index is 2.43. The molecule has 72 valence electrons. The minimum Gasteiger partial charge on any atom is -0.488 e.